The van der Waals surface area contributed by atoms with Crippen molar-refractivity contribution in [2.24, 2.45) is 5.41 Å². The lowest BCUT2D eigenvalue weighted by Gasteiger charge is -2.40. The number of rotatable bonds is 4. The molecule has 1 saturated heterocycles. The van der Waals surface area contributed by atoms with Crippen molar-refractivity contribution in [3.63, 3.8) is 0 Å². The maximum atomic E-state index is 12.1. The normalized spacial score (nSPS) is 23.8. The molecule has 0 aromatic heterocycles. The van der Waals surface area contributed by atoms with Crippen molar-refractivity contribution in [3.8, 4) is 0 Å². The van der Waals surface area contributed by atoms with Gasteiger partial charge < -0.3 is 20.0 Å². The van der Waals surface area contributed by atoms with Crippen LogP contribution in [0.1, 0.15) is 26.2 Å². The SMILES string of the molecule is CCC1(C(=O)O)CCCN(C(=O)N(C)CCO)C1. The summed E-state index contributed by atoms with van der Waals surface area (Å²) in [7, 11) is 1.61. The second-order valence-corrected chi connectivity index (χ2v) is 4.89. The number of hydrogen-bond acceptors (Lipinski definition) is 3. The van der Waals surface area contributed by atoms with Crippen molar-refractivity contribution in [1.82, 2.24) is 9.80 Å². The van der Waals surface area contributed by atoms with E-state index in [1.165, 1.54) is 4.90 Å². The van der Waals surface area contributed by atoms with Gasteiger partial charge in [-0.3, -0.25) is 4.79 Å². The summed E-state index contributed by atoms with van der Waals surface area (Å²) < 4.78 is 0. The molecule has 6 nitrogen and oxygen atoms in total. The number of hydrogen-bond donors (Lipinski definition) is 2. The summed E-state index contributed by atoms with van der Waals surface area (Å²) in [6.45, 7) is 2.87. The van der Waals surface area contributed by atoms with Crippen LogP contribution >= 0.6 is 0 Å². The predicted molar refractivity (Wildman–Crippen MR) is 66.3 cm³/mol. The van der Waals surface area contributed by atoms with Gasteiger partial charge in [0.25, 0.3) is 0 Å². The molecule has 1 fully saturated rings. The number of urea groups is 1. The Balaban J connectivity index is 2.74. The fourth-order valence-electron chi connectivity index (χ4n) is 2.40. The van der Waals surface area contributed by atoms with Gasteiger partial charge in [0.05, 0.1) is 12.0 Å². The number of aliphatic hydroxyl groups is 1. The number of carboxylic acids is 1. The summed E-state index contributed by atoms with van der Waals surface area (Å²) in [5, 5.41) is 18.2. The Labute approximate surface area is 107 Å². The van der Waals surface area contributed by atoms with Crippen LogP contribution in [-0.2, 0) is 4.79 Å². The van der Waals surface area contributed by atoms with Crippen molar-refractivity contribution in [2.75, 3.05) is 33.3 Å². The van der Waals surface area contributed by atoms with E-state index < -0.39 is 11.4 Å². The molecule has 0 saturated carbocycles. The lowest BCUT2D eigenvalue weighted by Crippen LogP contribution is -2.53. The number of carboxylic acid groups (broad SMARTS) is 1. The maximum absolute atomic E-state index is 12.1. The van der Waals surface area contributed by atoms with E-state index >= 15 is 0 Å². The van der Waals surface area contributed by atoms with Gasteiger partial charge >= 0.3 is 12.0 Å². The van der Waals surface area contributed by atoms with Crippen LogP contribution in [0.15, 0.2) is 0 Å². The highest BCUT2D eigenvalue weighted by Crippen LogP contribution is 2.33. The number of likely N-dealkylation sites (tertiary alicyclic amines) is 1. The number of likely N-dealkylation sites (N-methyl/N-ethyl adjacent to an activating group) is 1. The first-order valence-corrected chi connectivity index (χ1v) is 6.31. The minimum absolute atomic E-state index is 0.0894. The van der Waals surface area contributed by atoms with Crippen LogP contribution in [0.3, 0.4) is 0 Å². The second kappa shape index (κ2) is 6.04. The first-order valence-electron chi connectivity index (χ1n) is 6.31. The predicted octanol–water partition coefficient (Wildman–Crippen LogP) is 0.607. The van der Waals surface area contributed by atoms with E-state index in [-0.39, 0.29) is 25.7 Å². The zero-order valence-corrected chi connectivity index (χ0v) is 11.1. The van der Waals surface area contributed by atoms with Crippen LogP contribution in [0.2, 0.25) is 0 Å². The third-order valence-corrected chi connectivity index (χ3v) is 3.74. The Kier molecular flexibility index (Phi) is 4.95. The molecule has 2 amide bonds. The van der Waals surface area contributed by atoms with E-state index in [9.17, 15) is 14.7 Å². The maximum Gasteiger partial charge on any atom is 0.319 e. The molecule has 0 spiro atoms. The van der Waals surface area contributed by atoms with Crippen molar-refractivity contribution < 1.29 is 19.8 Å². The van der Waals surface area contributed by atoms with Crippen molar-refractivity contribution >= 4 is 12.0 Å². The summed E-state index contributed by atoms with van der Waals surface area (Å²) in [6, 6.07) is -0.206. The first-order chi connectivity index (χ1) is 8.46. The fraction of sp³-hybridized carbons (Fsp3) is 0.833. The molecule has 2 N–H and O–H groups in total. The third kappa shape index (κ3) is 2.93. The Morgan fingerprint density at radius 2 is 2.11 bits per heavy atom. The van der Waals surface area contributed by atoms with Crippen LogP contribution in [0.5, 0.6) is 0 Å². The van der Waals surface area contributed by atoms with Crippen molar-refractivity contribution in [1.29, 1.82) is 0 Å². The number of aliphatic hydroxyl groups excluding tert-OH is 1. The minimum atomic E-state index is -0.827. The monoisotopic (exact) mass is 258 g/mol. The first kappa shape index (κ1) is 14.8. The van der Waals surface area contributed by atoms with Gasteiger partial charge in [-0.05, 0) is 19.3 Å². The van der Waals surface area contributed by atoms with E-state index in [0.29, 0.717) is 25.8 Å². The summed E-state index contributed by atoms with van der Waals surface area (Å²) >= 11 is 0. The molecule has 0 aromatic carbocycles. The van der Waals surface area contributed by atoms with Gasteiger partial charge in [-0.1, -0.05) is 6.92 Å². The van der Waals surface area contributed by atoms with Crippen molar-refractivity contribution in [3.05, 3.63) is 0 Å². The molecular weight excluding hydrogens is 236 g/mol. The van der Waals surface area contributed by atoms with Crippen LogP contribution in [0.4, 0.5) is 4.79 Å². The van der Waals surface area contributed by atoms with Crippen LogP contribution in [0, 0.1) is 5.41 Å². The summed E-state index contributed by atoms with van der Waals surface area (Å²) in [4.78, 5) is 26.4. The molecule has 104 valence electrons. The Hall–Kier alpha value is -1.30. The van der Waals surface area contributed by atoms with Crippen LogP contribution < -0.4 is 0 Å². The molecular formula is C12H22N2O4. The number of carbonyl (C=O) groups is 2. The minimum Gasteiger partial charge on any atom is -0.481 e. The molecule has 0 bridgehead atoms. The molecule has 18 heavy (non-hydrogen) atoms. The van der Waals surface area contributed by atoms with E-state index in [4.69, 9.17) is 5.11 Å². The quantitative estimate of drug-likeness (QED) is 0.774. The summed E-state index contributed by atoms with van der Waals surface area (Å²) in [5.74, 6) is -0.827. The molecule has 0 radical (unpaired) electrons. The lowest BCUT2D eigenvalue weighted by molar-refractivity contribution is -0.152. The zero-order valence-electron chi connectivity index (χ0n) is 11.1. The molecule has 1 atom stereocenters. The zero-order chi connectivity index (χ0) is 13.8. The average Bonchev–Trinajstić information content (AvgIpc) is 2.37. The summed E-state index contributed by atoms with van der Waals surface area (Å²) in [6.07, 6.45) is 1.85. The van der Waals surface area contributed by atoms with Gasteiger partial charge in [0.1, 0.15) is 0 Å². The van der Waals surface area contributed by atoms with Crippen LogP contribution in [0.25, 0.3) is 0 Å². The fourth-order valence-corrected chi connectivity index (χ4v) is 2.40. The van der Waals surface area contributed by atoms with E-state index in [1.54, 1.807) is 11.9 Å². The lowest BCUT2D eigenvalue weighted by atomic mass is 9.78. The summed E-state index contributed by atoms with van der Waals surface area (Å²) in [5.41, 5.74) is -0.812. The number of nitrogens with zero attached hydrogens (tertiary/aromatic N) is 2. The molecule has 1 heterocycles. The van der Waals surface area contributed by atoms with Gasteiger partial charge in [0, 0.05) is 26.7 Å². The highest BCUT2D eigenvalue weighted by molar-refractivity contribution is 5.78. The second-order valence-electron chi connectivity index (χ2n) is 4.89. The van der Waals surface area contributed by atoms with Gasteiger partial charge in [0.15, 0.2) is 0 Å². The van der Waals surface area contributed by atoms with Gasteiger partial charge in [-0.15, -0.1) is 0 Å². The Morgan fingerprint density at radius 1 is 1.44 bits per heavy atom. The molecule has 1 aliphatic heterocycles. The number of carbonyl (C=O) groups excluding carboxylic acids is 1. The molecule has 1 aliphatic rings. The highest BCUT2D eigenvalue weighted by Gasteiger charge is 2.42. The van der Waals surface area contributed by atoms with Crippen LogP contribution in [-0.4, -0.2) is 65.3 Å². The molecule has 1 unspecified atom stereocenters. The number of aliphatic carboxylic acids is 1. The van der Waals surface area contributed by atoms with E-state index in [0.717, 1.165) is 0 Å². The Bertz CT molecular complexity index is 321. The highest BCUT2D eigenvalue weighted by atomic mass is 16.4. The topological polar surface area (TPSA) is 81.1 Å². The van der Waals surface area contributed by atoms with E-state index in [2.05, 4.69) is 0 Å². The van der Waals surface area contributed by atoms with Gasteiger partial charge in [-0.25, -0.2) is 4.79 Å². The molecule has 1 rings (SSSR count). The van der Waals surface area contributed by atoms with E-state index in [1.807, 2.05) is 6.92 Å². The van der Waals surface area contributed by atoms with Crippen molar-refractivity contribution in [2.45, 2.75) is 26.2 Å². The van der Waals surface area contributed by atoms with Gasteiger partial charge in [0.2, 0.25) is 0 Å². The largest absolute Gasteiger partial charge is 0.481 e. The molecule has 0 aliphatic carbocycles. The number of piperidine rings is 1. The third-order valence-electron chi connectivity index (χ3n) is 3.74. The smallest absolute Gasteiger partial charge is 0.319 e. The standard InChI is InChI=1S/C12H22N2O4/c1-3-12(10(16)17)5-4-6-14(9-12)11(18)13(2)7-8-15/h15H,3-9H2,1-2H3,(H,16,17). The van der Waals surface area contributed by atoms with Gasteiger partial charge in [-0.2, -0.15) is 0 Å². The average molecular weight is 258 g/mol. The molecule has 6 heteroatoms. The number of amides is 2. The molecule has 0 aromatic rings. The Morgan fingerprint density at radius 3 is 2.61 bits per heavy atom.